The summed E-state index contributed by atoms with van der Waals surface area (Å²) in [5.74, 6) is -2.09. The number of amides is 2. The number of aromatic amines is 1. The molecule has 2 amide bonds. The molecule has 2 aliphatic rings. The number of hydrogen-bond acceptors (Lipinski definition) is 5. The van der Waals surface area contributed by atoms with Crippen LogP contribution in [0.15, 0.2) is 42.5 Å². The maximum atomic E-state index is 13.6. The number of carbonyl (C=O) groups excluding carboxylic acids is 2. The lowest BCUT2D eigenvalue weighted by atomic mass is 10.00. The Morgan fingerprint density at radius 1 is 1.03 bits per heavy atom. The number of piperazine rings is 1. The van der Waals surface area contributed by atoms with Crippen molar-refractivity contribution in [1.29, 1.82) is 0 Å². The number of rotatable bonds is 5. The number of likely N-dealkylation sites (N-methyl/N-ethyl adjacent to an activating group) is 1. The second-order valence-corrected chi connectivity index (χ2v) is 10.2. The van der Waals surface area contributed by atoms with E-state index in [1.54, 1.807) is 17.0 Å². The molecule has 1 fully saturated rings. The van der Waals surface area contributed by atoms with Crippen molar-refractivity contribution >= 4 is 23.3 Å². The van der Waals surface area contributed by atoms with Crippen molar-refractivity contribution in [3.05, 3.63) is 76.5 Å². The fourth-order valence-corrected chi connectivity index (χ4v) is 5.01. The Balaban J connectivity index is 1.27. The van der Waals surface area contributed by atoms with Gasteiger partial charge in [0.25, 0.3) is 5.91 Å². The third kappa shape index (κ3) is 4.81. The molecule has 2 N–H and O–H groups in total. The standard InChI is InChI=1S/C27H30F2N6O2/c1-27(2)24-20(16-35(27)23(36)15-17-4-9-21(28)22(29)14-17)25(32-31-24)30-26(37)18-5-7-19(8-6-18)34-12-10-33(3)11-13-34/h4-9,14H,10-13,15-16H2,1-3H3,(H2,30,31,32,37). The van der Waals surface area contributed by atoms with E-state index >= 15 is 0 Å². The number of H-pyrrole nitrogens is 1. The van der Waals surface area contributed by atoms with Crippen molar-refractivity contribution in [2.24, 2.45) is 0 Å². The molecule has 0 unspecified atom stereocenters. The zero-order chi connectivity index (χ0) is 26.3. The second kappa shape index (κ2) is 9.59. The number of benzene rings is 2. The van der Waals surface area contributed by atoms with E-state index in [0.29, 0.717) is 16.9 Å². The van der Waals surface area contributed by atoms with Gasteiger partial charge >= 0.3 is 0 Å². The first-order chi connectivity index (χ1) is 17.6. The molecular formula is C27H30F2N6O2. The number of hydrogen-bond donors (Lipinski definition) is 2. The molecule has 2 aliphatic heterocycles. The van der Waals surface area contributed by atoms with Gasteiger partial charge in [0.15, 0.2) is 17.5 Å². The number of halogens is 2. The molecule has 3 heterocycles. The summed E-state index contributed by atoms with van der Waals surface area (Å²) in [4.78, 5) is 32.3. The van der Waals surface area contributed by atoms with Gasteiger partial charge in [-0.2, -0.15) is 5.10 Å². The Labute approximate surface area is 214 Å². The molecule has 1 aromatic heterocycles. The van der Waals surface area contributed by atoms with Crippen LogP contribution in [0.2, 0.25) is 0 Å². The van der Waals surface area contributed by atoms with E-state index < -0.39 is 17.2 Å². The van der Waals surface area contributed by atoms with Crippen LogP contribution in [-0.2, 0) is 23.3 Å². The second-order valence-electron chi connectivity index (χ2n) is 10.2. The van der Waals surface area contributed by atoms with E-state index in [1.165, 1.54) is 6.07 Å². The highest BCUT2D eigenvalue weighted by Gasteiger charge is 2.43. The number of fused-ring (bicyclic) bond motifs is 1. The molecule has 37 heavy (non-hydrogen) atoms. The molecule has 0 bridgehead atoms. The smallest absolute Gasteiger partial charge is 0.256 e. The molecule has 194 valence electrons. The summed E-state index contributed by atoms with van der Waals surface area (Å²) >= 11 is 0. The minimum atomic E-state index is -0.984. The van der Waals surface area contributed by atoms with Crippen LogP contribution in [-0.4, -0.2) is 65.0 Å². The molecule has 1 saturated heterocycles. The van der Waals surface area contributed by atoms with Crippen molar-refractivity contribution in [3.8, 4) is 0 Å². The monoisotopic (exact) mass is 508 g/mol. The minimum Gasteiger partial charge on any atom is -0.369 e. The van der Waals surface area contributed by atoms with Crippen molar-refractivity contribution in [3.63, 3.8) is 0 Å². The Hall–Kier alpha value is -3.79. The van der Waals surface area contributed by atoms with Crippen LogP contribution >= 0.6 is 0 Å². The SMILES string of the molecule is CN1CCN(c2ccc(C(=O)Nc3n[nH]c4c3CN(C(=O)Cc3ccc(F)c(F)c3)C4(C)C)cc2)CC1. The van der Waals surface area contributed by atoms with Crippen LogP contribution < -0.4 is 10.2 Å². The van der Waals surface area contributed by atoms with Crippen LogP contribution in [0.25, 0.3) is 0 Å². The van der Waals surface area contributed by atoms with Crippen LogP contribution in [0, 0.1) is 11.6 Å². The third-order valence-electron chi connectivity index (χ3n) is 7.34. The summed E-state index contributed by atoms with van der Waals surface area (Å²) in [6.07, 6.45) is -0.0698. The van der Waals surface area contributed by atoms with Crippen molar-refractivity contribution in [2.45, 2.75) is 32.4 Å². The highest BCUT2D eigenvalue weighted by Crippen LogP contribution is 2.41. The summed E-state index contributed by atoms with van der Waals surface area (Å²) in [6.45, 7) is 7.89. The molecule has 0 radical (unpaired) electrons. The summed E-state index contributed by atoms with van der Waals surface area (Å²) in [6, 6.07) is 11.0. The maximum Gasteiger partial charge on any atom is 0.256 e. The largest absolute Gasteiger partial charge is 0.369 e. The van der Waals surface area contributed by atoms with Gasteiger partial charge in [0.05, 0.1) is 24.2 Å². The molecule has 0 spiro atoms. The molecule has 10 heteroatoms. The van der Waals surface area contributed by atoms with E-state index in [2.05, 4.69) is 32.4 Å². The summed E-state index contributed by atoms with van der Waals surface area (Å²) in [7, 11) is 2.11. The Bertz CT molecular complexity index is 1330. The van der Waals surface area contributed by atoms with Crippen molar-refractivity contribution in [2.75, 3.05) is 43.4 Å². The van der Waals surface area contributed by atoms with Gasteiger partial charge in [0.2, 0.25) is 5.91 Å². The first-order valence-corrected chi connectivity index (χ1v) is 12.3. The van der Waals surface area contributed by atoms with Crippen LogP contribution in [0.3, 0.4) is 0 Å². The molecule has 0 atom stereocenters. The van der Waals surface area contributed by atoms with Gasteiger partial charge in [-0.3, -0.25) is 14.7 Å². The predicted molar refractivity (Wildman–Crippen MR) is 136 cm³/mol. The normalized spacial score (nSPS) is 17.1. The number of aromatic nitrogens is 2. The van der Waals surface area contributed by atoms with E-state index in [9.17, 15) is 18.4 Å². The van der Waals surface area contributed by atoms with E-state index in [-0.39, 0.29) is 24.8 Å². The van der Waals surface area contributed by atoms with Crippen molar-refractivity contribution < 1.29 is 18.4 Å². The first-order valence-electron chi connectivity index (χ1n) is 12.3. The molecule has 0 saturated carbocycles. The average Bonchev–Trinajstić information content (AvgIpc) is 3.39. The zero-order valence-electron chi connectivity index (χ0n) is 21.1. The van der Waals surface area contributed by atoms with E-state index in [0.717, 1.165) is 55.3 Å². The van der Waals surface area contributed by atoms with Crippen LogP contribution in [0.4, 0.5) is 20.3 Å². The lowest BCUT2D eigenvalue weighted by Crippen LogP contribution is -2.44. The average molecular weight is 509 g/mol. The zero-order valence-corrected chi connectivity index (χ0v) is 21.1. The lowest BCUT2D eigenvalue weighted by molar-refractivity contribution is -0.135. The number of nitrogens with zero attached hydrogens (tertiary/aromatic N) is 4. The van der Waals surface area contributed by atoms with Crippen LogP contribution in [0.5, 0.6) is 0 Å². The highest BCUT2D eigenvalue weighted by molar-refractivity contribution is 6.04. The maximum absolute atomic E-state index is 13.6. The van der Waals surface area contributed by atoms with Gasteiger partial charge in [0, 0.05) is 43.0 Å². The summed E-state index contributed by atoms with van der Waals surface area (Å²) < 4.78 is 26.9. The van der Waals surface area contributed by atoms with Gasteiger partial charge in [-0.25, -0.2) is 8.78 Å². The third-order valence-corrected chi connectivity index (χ3v) is 7.34. The molecule has 2 aromatic carbocycles. The van der Waals surface area contributed by atoms with Gasteiger partial charge < -0.3 is 20.0 Å². The first kappa shape index (κ1) is 24.9. The summed E-state index contributed by atoms with van der Waals surface area (Å²) in [5.41, 5.74) is 2.73. The fourth-order valence-electron chi connectivity index (χ4n) is 5.01. The quantitative estimate of drug-likeness (QED) is 0.551. The Morgan fingerprint density at radius 2 is 1.73 bits per heavy atom. The molecular weight excluding hydrogens is 478 g/mol. The molecule has 0 aliphatic carbocycles. The van der Waals surface area contributed by atoms with E-state index in [4.69, 9.17) is 0 Å². The topological polar surface area (TPSA) is 84.6 Å². The van der Waals surface area contributed by atoms with Crippen LogP contribution in [0.1, 0.15) is 41.0 Å². The molecule has 8 nitrogen and oxygen atoms in total. The lowest BCUT2D eigenvalue weighted by Gasteiger charge is -2.34. The van der Waals surface area contributed by atoms with Gasteiger partial charge in [-0.05, 0) is 62.9 Å². The Kier molecular flexibility index (Phi) is 6.45. The number of anilines is 2. The van der Waals surface area contributed by atoms with Gasteiger partial charge in [-0.15, -0.1) is 0 Å². The fraction of sp³-hybridized carbons (Fsp3) is 0.370. The molecule has 5 rings (SSSR count). The van der Waals surface area contributed by atoms with Crippen molar-refractivity contribution in [1.82, 2.24) is 20.0 Å². The number of carbonyl (C=O) groups is 2. The van der Waals surface area contributed by atoms with Gasteiger partial charge in [-0.1, -0.05) is 6.07 Å². The van der Waals surface area contributed by atoms with E-state index in [1.807, 2.05) is 26.0 Å². The molecule has 3 aromatic rings. The minimum absolute atomic E-state index is 0.0698. The highest BCUT2D eigenvalue weighted by atomic mass is 19.2. The number of nitrogens with one attached hydrogen (secondary N) is 2. The summed E-state index contributed by atoms with van der Waals surface area (Å²) in [5, 5.41) is 10.1. The van der Waals surface area contributed by atoms with Gasteiger partial charge in [0.1, 0.15) is 0 Å². The Morgan fingerprint density at radius 3 is 2.41 bits per heavy atom. The predicted octanol–water partition coefficient (Wildman–Crippen LogP) is 3.51.